The van der Waals surface area contributed by atoms with Gasteiger partial charge in [-0.25, -0.2) is 18.2 Å². The quantitative estimate of drug-likeness (QED) is 0.379. The molecule has 3 aromatic rings. The molecule has 3 aromatic carbocycles. The van der Waals surface area contributed by atoms with Crippen LogP contribution in [-0.2, 0) is 14.8 Å². The molecule has 7 nitrogen and oxygen atoms in total. The second-order valence-corrected chi connectivity index (χ2v) is 9.18. The number of carbonyl (C=O) groups is 1. The number of halogens is 2. The molecule has 0 bridgehead atoms. The van der Waals surface area contributed by atoms with E-state index in [1.807, 2.05) is 0 Å². The van der Waals surface area contributed by atoms with Gasteiger partial charge in [-0.05, 0) is 55.0 Å². The van der Waals surface area contributed by atoms with E-state index in [1.165, 1.54) is 55.6 Å². The molecule has 1 amide bonds. The lowest BCUT2D eigenvalue weighted by Gasteiger charge is -2.25. The Bertz CT molecular complexity index is 1270. The first-order valence-electron chi connectivity index (χ1n) is 9.73. The molecule has 0 fully saturated rings. The maximum atomic E-state index is 13.4. The van der Waals surface area contributed by atoms with Gasteiger partial charge in [-0.15, -0.1) is 0 Å². The lowest BCUT2D eigenvalue weighted by Crippen LogP contribution is -2.40. The number of nitrogens with zero attached hydrogens (tertiary/aromatic N) is 2. The molecule has 172 valence electrons. The molecule has 0 aliphatic rings. The van der Waals surface area contributed by atoms with Crippen LogP contribution in [0.1, 0.15) is 12.5 Å². The summed E-state index contributed by atoms with van der Waals surface area (Å²) in [6.45, 7) is 1.04. The predicted octanol–water partition coefficient (Wildman–Crippen LogP) is 4.22. The minimum Gasteiger partial charge on any atom is -0.495 e. The Morgan fingerprint density at radius 1 is 1.09 bits per heavy atom. The molecular weight excluding hydrogens is 469 g/mol. The van der Waals surface area contributed by atoms with Crippen LogP contribution in [0, 0.1) is 5.82 Å². The molecule has 0 saturated carbocycles. The van der Waals surface area contributed by atoms with Gasteiger partial charge in [-0.1, -0.05) is 41.9 Å². The molecule has 3 rings (SSSR count). The summed E-state index contributed by atoms with van der Waals surface area (Å²) in [5, 5.41) is 4.27. The van der Waals surface area contributed by atoms with Crippen LogP contribution >= 0.6 is 11.6 Å². The van der Waals surface area contributed by atoms with Crippen molar-refractivity contribution in [2.24, 2.45) is 5.10 Å². The number of hydrogen-bond donors (Lipinski definition) is 1. The van der Waals surface area contributed by atoms with Crippen molar-refractivity contribution in [3.05, 3.63) is 89.2 Å². The van der Waals surface area contributed by atoms with Crippen LogP contribution in [0.4, 0.5) is 10.1 Å². The number of amides is 1. The molecule has 0 radical (unpaired) electrons. The minimum atomic E-state index is -4.15. The first-order valence-corrected chi connectivity index (χ1v) is 11.5. The van der Waals surface area contributed by atoms with Gasteiger partial charge >= 0.3 is 0 Å². The van der Waals surface area contributed by atoms with E-state index in [0.717, 1.165) is 4.31 Å². The van der Waals surface area contributed by atoms with Crippen molar-refractivity contribution in [2.75, 3.05) is 18.0 Å². The second kappa shape index (κ2) is 10.5. The first-order chi connectivity index (χ1) is 15.7. The number of hydrogen-bond acceptors (Lipinski definition) is 5. The van der Waals surface area contributed by atoms with Crippen molar-refractivity contribution in [1.29, 1.82) is 0 Å². The standard InChI is InChI=1S/C23H21ClFN3O4S/c1-16(17-8-11-19(25)12-9-17)26-27-23(29)15-28(21-14-18(24)10-13-22(21)32-2)33(30,31)20-6-4-3-5-7-20/h3-14H,15H2,1-2H3,(H,27,29)/b26-16-. The van der Waals surface area contributed by atoms with Crippen molar-refractivity contribution in [2.45, 2.75) is 11.8 Å². The summed E-state index contributed by atoms with van der Waals surface area (Å²) in [6.07, 6.45) is 0. The lowest BCUT2D eigenvalue weighted by molar-refractivity contribution is -0.119. The zero-order valence-electron chi connectivity index (χ0n) is 17.8. The maximum absolute atomic E-state index is 13.4. The Labute approximate surface area is 196 Å². The fraction of sp³-hybridized carbons (Fsp3) is 0.130. The third kappa shape index (κ3) is 5.88. The summed E-state index contributed by atoms with van der Waals surface area (Å²) in [5.41, 5.74) is 3.46. The van der Waals surface area contributed by atoms with Crippen molar-refractivity contribution in [3.8, 4) is 5.75 Å². The molecular formula is C23H21ClFN3O4S. The van der Waals surface area contributed by atoms with E-state index >= 15 is 0 Å². The largest absolute Gasteiger partial charge is 0.495 e. The molecule has 0 aliphatic heterocycles. The van der Waals surface area contributed by atoms with Gasteiger partial charge in [-0.2, -0.15) is 5.10 Å². The fourth-order valence-electron chi connectivity index (χ4n) is 2.94. The van der Waals surface area contributed by atoms with Crippen LogP contribution in [0.5, 0.6) is 5.75 Å². The highest BCUT2D eigenvalue weighted by atomic mass is 35.5. The summed E-state index contributed by atoms with van der Waals surface area (Å²) >= 11 is 6.11. The molecule has 0 aromatic heterocycles. The van der Waals surface area contributed by atoms with E-state index in [1.54, 1.807) is 31.2 Å². The number of nitrogens with one attached hydrogen (secondary N) is 1. The molecule has 0 atom stereocenters. The zero-order valence-corrected chi connectivity index (χ0v) is 19.4. The number of ether oxygens (including phenoxy) is 1. The maximum Gasteiger partial charge on any atom is 0.264 e. The third-order valence-electron chi connectivity index (χ3n) is 4.64. The van der Waals surface area contributed by atoms with E-state index in [0.29, 0.717) is 11.3 Å². The molecule has 1 N–H and O–H groups in total. The molecule has 0 saturated heterocycles. The Morgan fingerprint density at radius 2 is 1.76 bits per heavy atom. The SMILES string of the molecule is COc1ccc(Cl)cc1N(CC(=O)N/N=C(/C)c1ccc(F)cc1)S(=O)(=O)c1ccccc1. The van der Waals surface area contributed by atoms with Gasteiger partial charge in [-0.3, -0.25) is 9.10 Å². The average Bonchev–Trinajstić information content (AvgIpc) is 2.82. The van der Waals surface area contributed by atoms with Crippen molar-refractivity contribution in [3.63, 3.8) is 0 Å². The average molecular weight is 490 g/mol. The van der Waals surface area contributed by atoms with E-state index in [2.05, 4.69) is 10.5 Å². The summed E-state index contributed by atoms with van der Waals surface area (Å²) in [5.74, 6) is -0.872. The van der Waals surface area contributed by atoms with Gasteiger partial charge in [0.25, 0.3) is 15.9 Å². The van der Waals surface area contributed by atoms with E-state index < -0.39 is 28.3 Å². The minimum absolute atomic E-state index is 0.00850. The van der Waals surface area contributed by atoms with Gasteiger partial charge in [0.05, 0.1) is 23.4 Å². The topological polar surface area (TPSA) is 88.1 Å². The molecule has 0 spiro atoms. The van der Waals surface area contributed by atoms with Gasteiger partial charge in [0.1, 0.15) is 18.1 Å². The van der Waals surface area contributed by atoms with Gasteiger partial charge in [0.2, 0.25) is 0 Å². The number of rotatable bonds is 8. The van der Waals surface area contributed by atoms with Crippen LogP contribution in [0.15, 0.2) is 82.8 Å². The van der Waals surface area contributed by atoms with E-state index in [-0.39, 0.29) is 21.4 Å². The Morgan fingerprint density at radius 3 is 2.39 bits per heavy atom. The highest BCUT2D eigenvalue weighted by Gasteiger charge is 2.29. The summed E-state index contributed by atoms with van der Waals surface area (Å²) < 4.78 is 46.2. The highest BCUT2D eigenvalue weighted by Crippen LogP contribution is 2.34. The number of anilines is 1. The van der Waals surface area contributed by atoms with Crippen molar-refractivity contribution >= 4 is 38.9 Å². The lowest BCUT2D eigenvalue weighted by atomic mass is 10.1. The first kappa shape index (κ1) is 24.2. The normalized spacial score (nSPS) is 11.7. The van der Waals surface area contributed by atoms with E-state index in [9.17, 15) is 17.6 Å². The Kier molecular flexibility index (Phi) is 7.67. The van der Waals surface area contributed by atoms with Crippen LogP contribution in [0.2, 0.25) is 5.02 Å². The summed E-state index contributed by atoms with van der Waals surface area (Å²) in [7, 11) is -2.76. The second-order valence-electron chi connectivity index (χ2n) is 6.88. The molecule has 0 aliphatic carbocycles. The van der Waals surface area contributed by atoms with Crippen molar-refractivity contribution < 1.29 is 22.3 Å². The number of carbonyl (C=O) groups excluding carboxylic acids is 1. The molecule has 0 unspecified atom stereocenters. The van der Waals surface area contributed by atoms with Gasteiger partial charge in [0, 0.05) is 5.02 Å². The highest BCUT2D eigenvalue weighted by molar-refractivity contribution is 7.92. The zero-order chi connectivity index (χ0) is 24.0. The number of methoxy groups -OCH3 is 1. The van der Waals surface area contributed by atoms with E-state index in [4.69, 9.17) is 16.3 Å². The monoisotopic (exact) mass is 489 g/mol. The number of sulfonamides is 1. The molecule has 33 heavy (non-hydrogen) atoms. The summed E-state index contributed by atoms with van der Waals surface area (Å²) in [4.78, 5) is 12.7. The van der Waals surface area contributed by atoms with Crippen LogP contribution in [0.3, 0.4) is 0 Å². The van der Waals surface area contributed by atoms with Gasteiger partial charge in [0.15, 0.2) is 0 Å². The van der Waals surface area contributed by atoms with Crippen molar-refractivity contribution in [1.82, 2.24) is 5.43 Å². The predicted molar refractivity (Wildman–Crippen MR) is 126 cm³/mol. The molecule has 0 heterocycles. The Hall–Kier alpha value is -3.43. The number of hydrazone groups is 1. The fourth-order valence-corrected chi connectivity index (χ4v) is 4.56. The summed E-state index contributed by atoms with van der Waals surface area (Å²) in [6, 6.07) is 17.7. The smallest absolute Gasteiger partial charge is 0.264 e. The van der Waals surface area contributed by atoms with Crippen LogP contribution < -0.4 is 14.5 Å². The Balaban J connectivity index is 1.93. The third-order valence-corrected chi connectivity index (χ3v) is 6.65. The van der Waals surface area contributed by atoms with Crippen LogP contribution in [0.25, 0.3) is 0 Å². The van der Waals surface area contributed by atoms with Gasteiger partial charge < -0.3 is 4.74 Å². The number of benzene rings is 3. The molecule has 10 heteroatoms. The van der Waals surface area contributed by atoms with Crippen LogP contribution in [-0.4, -0.2) is 33.7 Å².